The van der Waals surface area contributed by atoms with Gasteiger partial charge in [0.1, 0.15) is 5.54 Å². The molecule has 18 heavy (non-hydrogen) atoms. The summed E-state index contributed by atoms with van der Waals surface area (Å²) in [7, 11) is 1.64. The van der Waals surface area contributed by atoms with Gasteiger partial charge in [-0.1, -0.05) is 27.2 Å². The van der Waals surface area contributed by atoms with Gasteiger partial charge in [-0.3, -0.25) is 15.1 Å². The molecule has 0 aromatic heterocycles. The summed E-state index contributed by atoms with van der Waals surface area (Å²) in [6, 6.07) is 0. The summed E-state index contributed by atoms with van der Waals surface area (Å²) >= 11 is 0. The van der Waals surface area contributed by atoms with Gasteiger partial charge in [0.05, 0.1) is 13.2 Å². The van der Waals surface area contributed by atoms with Crippen molar-refractivity contribution in [2.24, 2.45) is 10.9 Å². The first-order valence-corrected chi connectivity index (χ1v) is 6.71. The Hall–Kier alpha value is -1.10. The molecule has 5 heteroatoms. The highest BCUT2D eigenvalue weighted by Crippen LogP contribution is 2.25. The molecule has 2 N–H and O–H groups in total. The maximum absolute atomic E-state index is 12.1. The zero-order valence-electron chi connectivity index (χ0n) is 11.9. The number of amides is 1. The summed E-state index contributed by atoms with van der Waals surface area (Å²) in [5, 5.41) is 6.09. The summed E-state index contributed by atoms with van der Waals surface area (Å²) in [5.41, 5.74) is -0.485. The lowest BCUT2D eigenvalue weighted by molar-refractivity contribution is -0.124. The number of guanidine groups is 1. The molecule has 1 rings (SSSR count). The number of methoxy groups -OCH3 is 1. The van der Waals surface area contributed by atoms with E-state index in [1.807, 2.05) is 6.92 Å². The van der Waals surface area contributed by atoms with Crippen molar-refractivity contribution >= 4 is 11.9 Å². The highest BCUT2D eigenvalue weighted by atomic mass is 16.5. The molecular formula is C13H25N3O2. The van der Waals surface area contributed by atoms with Crippen molar-refractivity contribution in [2.45, 2.75) is 45.6 Å². The highest BCUT2D eigenvalue weighted by molar-refractivity contribution is 6.09. The van der Waals surface area contributed by atoms with Crippen LogP contribution in [0.4, 0.5) is 0 Å². The lowest BCUT2D eigenvalue weighted by atomic mass is 9.85. The van der Waals surface area contributed by atoms with Crippen LogP contribution in [0.5, 0.6) is 0 Å². The van der Waals surface area contributed by atoms with Crippen LogP contribution in [0.2, 0.25) is 0 Å². The summed E-state index contributed by atoms with van der Waals surface area (Å²) < 4.78 is 4.94. The number of carbonyl (C=O) groups is 1. The van der Waals surface area contributed by atoms with Crippen molar-refractivity contribution < 1.29 is 9.53 Å². The molecule has 0 radical (unpaired) electrons. The van der Waals surface area contributed by atoms with Gasteiger partial charge in [0.15, 0.2) is 5.96 Å². The van der Waals surface area contributed by atoms with E-state index in [0.29, 0.717) is 25.0 Å². The molecule has 104 valence electrons. The molecule has 0 saturated carbocycles. The molecule has 1 aliphatic heterocycles. The molecule has 1 aliphatic rings. The molecular weight excluding hydrogens is 230 g/mol. The summed E-state index contributed by atoms with van der Waals surface area (Å²) in [6.45, 7) is 7.47. The van der Waals surface area contributed by atoms with Crippen LogP contribution in [-0.4, -0.2) is 37.7 Å². The molecule has 0 aromatic rings. The maximum Gasteiger partial charge on any atom is 0.252 e. The van der Waals surface area contributed by atoms with Crippen LogP contribution in [0.25, 0.3) is 0 Å². The number of nitrogens with zero attached hydrogens (tertiary/aromatic N) is 1. The van der Waals surface area contributed by atoms with Crippen LogP contribution in [0.1, 0.15) is 40.0 Å². The number of ether oxygens (including phenoxy) is 1. The SMILES string of the molecule is CCC(C)CC1(CC)NC(=NCCOC)NC1=O. The first-order chi connectivity index (χ1) is 8.57. The largest absolute Gasteiger partial charge is 0.383 e. The van der Waals surface area contributed by atoms with Crippen LogP contribution < -0.4 is 10.6 Å². The van der Waals surface area contributed by atoms with E-state index in [2.05, 4.69) is 29.5 Å². The minimum Gasteiger partial charge on any atom is -0.383 e. The molecule has 0 aromatic carbocycles. The Bertz CT molecular complexity index is 317. The molecule has 2 unspecified atom stereocenters. The highest BCUT2D eigenvalue weighted by Gasteiger charge is 2.43. The third kappa shape index (κ3) is 3.45. The normalized spacial score (nSPS) is 27.1. The van der Waals surface area contributed by atoms with E-state index < -0.39 is 5.54 Å². The average Bonchev–Trinajstić information content (AvgIpc) is 2.67. The topological polar surface area (TPSA) is 62.7 Å². The van der Waals surface area contributed by atoms with Gasteiger partial charge in [-0.15, -0.1) is 0 Å². The van der Waals surface area contributed by atoms with Gasteiger partial charge in [-0.25, -0.2) is 0 Å². The van der Waals surface area contributed by atoms with Crippen molar-refractivity contribution in [1.29, 1.82) is 0 Å². The van der Waals surface area contributed by atoms with E-state index in [-0.39, 0.29) is 5.91 Å². The predicted molar refractivity (Wildman–Crippen MR) is 72.6 cm³/mol. The van der Waals surface area contributed by atoms with E-state index in [9.17, 15) is 4.79 Å². The van der Waals surface area contributed by atoms with Crippen molar-refractivity contribution in [3.8, 4) is 0 Å². The van der Waals surface area contributed by atoms with E-state index in [1.165, 1.54) is 0 Å². The molecule has 0 bridgehead atoms. The molecule has 5 nitrogen and oxygen atoms in total. The van der Waals surface area contributed by atoms with Crippen LogP contribution in [-0.2, 0) is 9.53 Å². The minimum atomic E-state index is -0.485. The van der Waals surface area contributed by atoms with E-state index in [1.54, 1.807) is 7.11 Å². The number of hydrogen-bond donors (Lipinski definition) is 2. The molecule has 0 spiro atoms. The Kier molecular flexibility index (Phi) is 5.59. The quantitative estimate of drug-likeness (QED) is 0.674. The van der Waals surface area contributed by atoms with Gasteiger partial charge in [-0.05, 0) is 18.8 Å². The van der Waals surface area contributed by atoms with Gasteiger partial charge < -0.3 is 10.1 Å². The van der Waals surface area contributed by atoms with Gasteiger partial charge in [0.25, 0.3) is 5.91 Å². The third-order valence-electron chi connectivity index (χ3n) is 3.59. The van der Waals surface area contributed by atoms with Gasteiger partial charge in [-0.2, -0.15) is 0 Å². The fourth-order valence-corrected chi connectivity index (χ4v) is 2.15. The van der Waals surface area contributed by atoms with E-state index in [4.69, 9.17) is 4.74 Å². The van der Waals surface area contributed by atoms with Crippen LogP contribution in [0, 0.1) is 5.92 Å². The fraction of sp³-hybridized carbons (Fsp3) is 0.846. The molecule has 1 heterocycles. The van der Waals surface area contributed by atoms with Gasteiger partial charge in [0, 0.05) is 7.11 Å². The Balaban J connectivity index is 2.70. The van der Waals surface area contributed by atoms with E-state index >= 15 is 0 Å². The molecule has 1 fully saturated rings. The number of carbonyl (C=O) groups excluding carboxylic acids is 1. The van der Waals surface area contributed by atoms with E-state index in [0.717, 1.165) is 19.3 Å². The second-order valence-corrected chi connectivity index (χ2v) is 4.96. The number of nitrogens with one attached hydrogen (secondary N) is 2. The molecule has 1 amide bonds. The number of aliphatic imine (C=N–C) groups is 1. The van der Waals surface area contributed by atoms with Crippen molar-refractivity contribution in [3.63, 3.8) is 0 Å². The van der Waals surface area contributed by atoms with Crippen molar-refractivity contribution in [2.75, 3.05) is 20.3 Å². The van der Waals surface area contributed by atoms with Crippen LogP contribution in [0.3, 0.4) is 0 Å². The first-order valence-electron chi connectivity index (χ1n) is 6.71. The lowest BCUT2D eigenvalue weighted by Crippen LogP contribution is -2.47. The van der Waals surface area contributed by atoms with Gasteiger partial charge in [0.2, 0.25) is 0 Å². The fourth-order valence-electron chi connectivity index (χ4n) is 2.15. The predicted octanol–water partition coefficient (Wildman–Crippen LogP) is 1.29. The molecule has 1 saturated heterocycles. The van der Waals surface area contributed by atoms with Crippen molar-refractivity contribution in [1.82, 2.24) is 10.6 Å². The Labute approximate surface area is 109 Å². The second-order valence-electron chi connectivity index (χ2n) is 4.96. The molecule has 0 aliphatic carbocycles. The number of rotatable bonds is 7. The standard InChI is InChI=1S/C13H25N3O2/c1-5-10(3)9-13(6-2)11(17)15-12(16-13)14-7-8-18-4/h10H,5-9H2,1-4H3,(H2,14,15,16,17). The van der Waals surface area contributed by atoms with Crippen molar-refractivity contribution in [3.05, 3.63) is 0 Å². The summed E-state index contributed by atoms with van der Waals surface area (Å²) in [4.78, 5) is 16.4. The third-order valence-corrected chi connectivity index (χ3v) is 3.59. The Morgan fingerprint density at radius 3 is 2.72 bits per heavy atom. The maximum atomic E-state index is 12.1. The number of hydrogen-bond acceptors (Lipinski definition) is 3. The zero-order valence-corrected chi connectivity index (χ0v) is 11.9. The second kappa shape index (κ2) is 6.73. The lowest BCUT2D eigenvalue weighted by Gasteiger charge is -2.27. The smallest absolute Gasteiger partial charge is 0.252 e. The van der Waals surface area contributed by atoms with Crippen LogP contribution >= 0.6 is 0 Å². The summed E-state index contributed by atoms with van der Waals surface area (Å²) in [6.07, 6.45) is 2.69. The zero-order chi connectivity index (χ0) is 13.6. The minimum absolute atomic E-state index is 0.0430. The van der Waals surface area contributed by atoms with Crippen LogP contribution in [0.15, 0.2) is 4.99 Å². The first kappa shape index (κ1) is 15.0. The summed E-state index contributed by atoms with van der Waals surface area (Å²) in [5.74, 6) is 1.14. The monoisotopic (exact) mass is 255 g/mol. The average molecular weight is 255 g/mol. The Morgan fingerprint density at radius 2 is 2.17 bits per heavy atom. The van der Waals surface area contributed by atoms with Gasteiger partial charge >= 0.3 is 0 Å². The Morgan fingerprint density at radius 1 is 1.44 bits per heavy atom. The molecule has 2 atom stereocenters.